The van der Waals surface area contributed by atoms with E-state index in [9.17, 15) is 4.79 Å². The van der Waals surface area contributed by atoms with Crippen LogP contribution in [0, 0.1) is 5.92 Å². The van der Waals surface area contributed by atoms with Gasteiger partial charge in [-0.1, -0.05) is 13.8 Å². The Morgan fingerprint density at radius 1 is 1.50 bits per heavy atom. The van der Waals surface area contributed by atoms with E-state index in [1.165, 1.54) is 11.0 Å². The maximum atomic E-state index is 11.7. The zero-order valence-electron chi connectivity index (χ0n) is 11.6. The standard InChI is InChI=1S/C12H18N6O2/c1-9(2)5-18-11(14-8-15-18)7-20-12(19)6-17-4-3-10(13)16-17/h3-4,8-9H,5-7H2,1-2H3,(H2,13,16). The maximum absolute atomic E-state index is 11.7. The van der Waals surface area contributed by atoms with Crippen LogP contribution in [-0.4, -0.2) is 30.5 Å². The monoisotopic (exact) mass is 278 g/mol. The van der Waals surface area contributed by atoms with Crippen molar-refractivity contribution in [3.8, 4) is 0 Å². The first-order valence-electron chi connectivity index (χ1n) is 6.36. The van der Waals surface area contributed by atoms with E-state index < -0.39 is 5.97 Å². The Balaban J connectivity index is 1.85. The molecule has 2 rings (SSSR count). The number of ether oxygens (including phenoxy) is 1. The van der Waals surface area contributed by atoms with E-state index in [4.69, 9.17) is 10.5 Å². The lowest BCUT2D eigenvalue weighted by Gasteiger charge is -2.09. The summed E-state index contributed by atoms with van der Waals surface area (Å²) in [5, 5.41) is 8.01. The molecule has 20 heavy (non-hydrogen) atoms. The van der Waals surface area contributed by atoms with E-state index in [1.807, 2.05) is 0 Å². The van der Waals surface area contributed by atoms with Crippen LogP contribution in [0.1, 0.15) is 19.7 Å². The van der Waals surface area contributed by atoms with Crippen molar-refractivity contribution in [3.05, 3.63) is 24.4 Å². The van der Waals surface area contributed by atoms with Gasteiger partial charge < -0.3 is 10.5 Å². The smallest absolute Gasteiger partial charge is 0.328 e. The first-order chi connectivity index (χ1) is 9.54. The summed E-state index contributed by atoms with van der Waals surface area (Å²) in [7, 11) is 0. The van der Waals surface area contributed by atoms with Gasteiger partial charge in [-0.2, -0.15) is 10.2 Å². The average molecular weight is 278 g/mol. The summed E-state index contributed by atoms with van der Waals surface area (Å²) in [6.45, 7) is 5.03. The lowest BCUT2D eigenvalue weighted by Crippen LogP contribution is -2.17. The molecule has 2 aromatic rings. The predicted molar refractivity (Wildman–Crippen MR) is 71.3 cm³/mol. The van der Waals surface area contributed by atoms with Gasteiger partial charge in [-0.3, -0.25) is 9.48 Å². The van der Waals surface area contributed by atoms with Gasteiger partial charge in [0, 0.05) is 12.7 Å². The molecule has 8 nitrogen and oxygen atoms in total. The summed E-state index contributed by atoms with van der Waals surface area (Å²) in [6, 6.07) is 1.62. The SMILES string of the molecule is CC(C)Cn1ncnc1COC(=O)Cn1ccc(N)n1. The number of nitrogen functional groups attached to an aromatic ring is 1. The van der Waals surface area contributed by atoms with Crippen LogP contribution in [0.4, 0.5) is 5.82 Å². The van der Waals surface area contributed by atoms with Gasteiger partial charge in [0.2, 0.25) is 0 Å². The van der Waals surface area contributed by atoms with E-state index in [0.717, 1.165) is 6.54 Å². The number of aromatic nitrogens is 5. The quantitative estimate of drug-likeness (QED) is 0.770. The molecule has 0 fully saturated rings. The molecular weight excluding hydrogens is 260 g/mol. The van der Waals surface area contributed by atoms with Crippen molar-refractivity contribution in [3.63, 3.8) is 0 Å². The minimum atomic E-state index is -0.396. The van der Waals surface area contributed by atoms with Crippen molar-refractivity contribution in [1.82, 2.24) is 24.5 Å². The van der Waals surface area contributed by atoms with Crippen LogP contribution in [0.2, 0.25) is 0 Å². The molecule has 0 atom stereocenters. The van der Waals surface area contributed by atoms with Gasteiger partial charge in [0.15, 0.2) is 12.4 Å². The van der Waals surface area contributed by atoms with Crippen molar-refractivity contribution in [1.29, 1.82) is 0 Å². The van der Waals surface area contributed by atoms with Gasteiger partial charge in [0.05, 0.1) is 0 Å². The summed E-state index contributed by atoms with van der Waals surface area (Å²) in [4.78, 5) is 15.8. The maximum Gasteiger partial charge on any atom is 0.328 e. The summed E-state index contributed by atoms with van der Waals surface area (Å²) < 4.78 is 8.32. The number of carbonyl (C=O) groups is 1. The summed E-state index contributed by atoms with van der Waals surface area (Å²) in [5.74, 6) is 1.05. The Morgan fingerprint density at radius 3 is 2.95 bits per heavy atom. The Bertz CT molecular complexity index is 574. The van der Waals surface area contributed by atoms with E-state index in [-0.39, 0.29) is 13.2 Å². The van der Waals surface area contributed by atoms with Gasteiger partial charge in [0.25, 0.3) is 0 Å². The normalized spacial score (nSPS) is 10.9. The Kier molecular flexibility index (Phi) is 4.34. The number of rotatable bonds is 6. The third-order valence-electron chi connectivity index (χ3n) is 2.55. The van der Waals surface area contributed by atoms with Gasteiger partial charge in [-0.05, 0) is 12.0 Å². The van der Waals surface area contributed by atoms with Gasteiger partial charge in [0.1, 0.15) is 18.7 Å². The molecule has 8 heteroatoms. The van der Waals surface area contributed by atoms with E-state index in [2.05, 4.69) is 29.0 Å². The highest BCUT2D eigenvalue weighted by atomic mass is 16.5. The summed E-state index contributed by atoms with van der Waals surface area (Å²) in [6.07, 6.45) is 3.08. The number of esters is 1. The minimum absolute atomic E-state index is 0.0233. The van der Waals surface area contributed by atoms with Gasteiger partial charge >= 0.3 is 5.97 Å². The van der Waals surface area contributed by atoms with Crippen LogP contribution < -0.4 is 5.73 Å². The molecule has 0 saturated carbocycles. The number of nitrogens with two attached hydrogens (primary N) is 1. The highest BCUT2D eigenvalue weighted by Crippen LogP contribution is 2.03. The average Bonchev–Trinajstić information content (AvgIpc) is 2.96. The predicted octanol–water partition coefficient (Wildman–Crippen LogP) is 0.456. The second-order valence-electron chi connectivity index (χ2n) is 4.85. The second-order valence-corrected chi connectivity index (χ2v) is 4.85. The summed E-state index contributed by atoms with van der Waals surface area (Å²) in [5.41, 5.74) is 5.47. The van der Waals surface area contributed by atoms with Gasteiger partial charge in [-0.25, -0.2) is 9.67 Å². The lowest BCUT2D eigenvalue weighted by atomic mass is 10.2. The van der Waals surface area contributed by atoms with Crippen LogP contribution >= 0.6 is 0 Å². The minimum Gasteiger partial charge on any atom is -0.456 e. The fraction of sp³-hybridized carbons (Fsp3) is 0.500. The zero-order valence-corrected chi connectivity index (χ0v) is 11.6. The Morgan fingerprint density at radius 2 is 2.30 bits per heavy atom. The van der Waals surface area contributed by atoms with E-state index >= 15 is 0 Å². The largest absolute Gasteiger partial charge is 0.456 e. The molecule has 108 valence electrons. The van der Waals surface area contributed by atoms with E-state index in [1.54, 1.807) is 16.9 Å². The molecule has 0 saturated heterocycles. The molecule has 0 aliphatic carbocycles. The molecule has 0 aliphatic rings. The molecule has 0 unspecified atom stereocenters. The van der Waals surface area contributed by atoms with Crippen LogP contribution in [0.25, 0.3) is 0 Å². The number of hydrogen-bond donors (Lipinski definition) is 1. The highest BCUT2D eigenvalue weighted by Gasteiger charge is 2.10. The molecule has 0 aromatic carbocycles. The molecule has 0 aliphatic heterocycles. The first kappa shape index (κ1) is 14.0. The van der Waals surface area contributed by atoms with Crippen LogP contribution in [0.3, 0.4) is 0 Å². The molecule has 2 heterocycles. The zero-order chi connectivity index (χ0) is 14.5. The second kappa shape index (κ2) is 6.18. The summed E-state index contributed by atoms with van der Waals surface area (Å²) >= 11 is 0. The third kappa shape index (κ3) is 3.81. The van der Waals surface area contributed by atoms with Crippen molar-refractivity contribution < 1.29 is 9.53 Å². The van der Waals surface area contributed by atoms with Crippen LogP contribution in [-0.2, 0) is 29.2 Å². The fourth-order valence-corrected chi connectivity index (χ4v) is 1.69. The molecule has 0 amide bonds. The molecule has 0 radical (unpaired) electrons. The number of anilines is 1. The van der Waals surface area contributed by atoms with Crippen LogP contribution in [0.15, 0.2) is 18.6 Å². The third-order valence-corrected chi connectivity index (χ3v) is 2.55. The van der Waals surface area contributed by atoms with Crippen molar-refractivity contribution >= 4 is 11.8 Å². The first-order valence-corrected chi connectivity index (χ1v) is 6.36. The van der Waals surface area contributed by atoms with E-state index in [0.29, 0.717) is 17.6 Å². The molecular formula is C12H18N6O2. The molecule has 0 bridgehead atoms. The number of nitrogens with zero attached hydrogens (tertiary/aromatic N) is 5. The highest BCUT2D eigenvalue weighted by molar-refractivity contribution is 5.69. The van der Waals surface area contributed by atoms with Crippen molar-refractivity contribution in [2.75, 3.05) is 5.73 Å². The lowest BCUT2D eigenvalue weighted by molar-refractivity contribution is -0.146. The van der Waals surface area contributed by atoms with Crippen molar-refractivity contribution in [2.45, 2.75) is 33.5 Å². The van der Waals surface area contributed by atoms with Crippen molar-refractivity contribution in [2.24, 2.45) is 5.92 Å². The van der Waals surface area contributed by atoms with Crippen LogP contribution in [0.5, 0.6) is 0 Å². The molecule has 2 aromatic heterocycles. The molecule has 0 spiro atoms. The Hall–Kier alpha value is -2.38. The Labute approximate surface area is 116 Å². The molecule has 2 N–H and O–H groups in total. The fourth-order valence-electron chi connectivity index (χ4n) is 1.69. The topological polar surface area (TPSA) is 101 Å². The number of hydrogen-bond acceptors (Lipinski definition) is 6. The van der Waals surface area contributed by atoms with Gasteiger partial charge in [-0.15, -0.1) is 0 Å². The number of carbonyl (C=O) groups excluding carboxylic acids is 1.